The average molecular weight is 554 g/mol. The van der Waals surface area contributed by atoms with Crippen LogP contribution in [0.3, 0.4) is 0 Å². The maximum atomic E-state index is 5.16. The molecule has 3 nitrogen and oxygen atoms in total. The molecule has 4 aromatic heterocycles. The van der Waals surface area contributed by atoms with Gasteiger partial charge in [0.15, 0.2) is 0 Å². The Morgan fingerprint density at radius 3 is 1.71 bits per heavy atom. The van der Waals surface area contributed by atoms with Gasteiger partial charge < -0.3 is 0 Å². The first-order valence-electron chi connectivity index (χ1n) is 14.1. The SMILES string of the molecule is c1ccc(-c2ccc3ccc4ccc(-c5ccc(-c6c7ccccc7n7c6sc6ccccc67)cc5)nc4c3n2)cc1. The van der Waals surface area contributed by atoms with Crippen molar-refractivity contribution in [3.05, 3.63) is 140 Å². The molecule has 0 bridgehead atoms. The number of para-hydroxylation sites is 2. The van der Waals surface area contributed by atoms with Gasteiger partial charge in [0, 0.05) is 32.8 Å². The Balaban J connectivity index is 1.18. The minimum absolute atomic E-state index is 0.928. The van der Waals surface area contributed by atoms with Crippen LogP contribution in [0.1, 0.15) is 0 Å². The highest BCUT2D eigenvalue weighted by molar-refractivity contribution is 7.24. The normalized spacial score (nSPS) is 11.8. The summed E-state index contributed by atoms with van der Waals surface area (Å²) in [6, 6.07) is 49.3. The quantitative estimate of drug-likeness (QED) is 0.204. The largest absolute Gasteiger partial charge is 0.299 e. The zero-order valence-electron chi connectivity index (χ0n) is 22.5. The van der Waals surface area contributed by atoms with Crippen LogP contribution < -0.4 is 0 Å². The maximum absolute atomic E-state index is 5.16. The van der Waals surface area contributed by atoms with E-state index < -0.39 is 0 Å². The summed E-state index contributed by atoms with van der Waals surface area (Å²) in [5, 5.41) is 3.46. The topological polar surface area (TPSA) is 30.2 Å². The van der Waals surface area contributed by atoms with Gasteiger partial charge in [-0.2, -0.15) is 0 Å². The molecule has 0 amide bonds. The van der Waals surface area contributed by atoms with E-state index in [1.807, 2.05) is 29.5 Å². The van der Waals surface area contributed by atoms with Crippen LogP contribution in [-0.2, 0) is 0 Å². The van der Waals surface area contributed by atoms with Crippen molar-refractivity contribution in [2.45, 2.75) is 0 Å². The first-order chi connectivity index (χ1) is 20.8. The minimum Gasteiger partial charge on any atom is -0.299 e. The van der Waals surface area contributed by atoms with Crippen molar-refractivity contribution in [1.82, 2.24) is 14.4 Å². The van der Waals surface area contributed by atoms with Gasteiger partial charge in [0.05, 0.1) is 38.2 Å². The van der Waals surface area contributed by atoms with Crippen LogP contribution >= 0.6 is 11.3 Å². The van der Waals surface area contributed by atoms with Crippen molar-refractivity contribution in [3.63, 3.8) is 0 Å². The Hall–Kier alpha value is -5.32. The molecule has 42 heavy (non-hydrogen) atoms. The number of hydrogen-bond donors (Lipinski definition) is 0. The molecule has 0 aliphatic rings. The van der Waals surface area contributed by atoms with Crippen LogP contribution in [0, 0.1) is 0 Å². The van der Waals surface area contributed by atoms with Crippen LogP contribution in [0.4, 0.5) is 0 Å². The highest BCUT2D eigenvalue weighted by Gasteiger charge is 2.18. The smallest absolute Gasteiger partial charge is 0.109 e. The Kier molecular flexibility index (Phi) is 5.07. The standard InChI is InChI=1S/C38H23N3S/c1-2-8-24(9-3-1)30-22-20-27-18-19-28-21-23-31(40-37(28)36(27)39-30)25-14-16-26(17-15-25)35-29-10-4-5-11-32(29)41-33-12-6-7-13-34(33)42-38(35)41/h1-23H. The predicted molar refractivity (Wildman–Crippen MR) is 177 cm³/mol. The van der Waals surface area contributed by atoms with Gasteiger partial charge in [0.2, 0.25) is 0 Å². The van der Waals surface area contributed by atoms with Gasteiger partial charge >= 0.3 is 0 Å². The summed E-state index contributed by atoms with van der Waals surface area (Å²) >= 11 is 1.86. The maximum Gasteiger partial charge on any atom is 0.109 e. The molecule has 196 valence electrons. The first kappa shape index (κ1) is 23.4. The van der Waals surface area contributed by atoms with E-state index in [9.17, 15) is 0 Å². The van der Waals surface area contributed by atoms with E-state index in [4.69, 9.17) is 9.97 Å². The Morgan fingerprint density at radius 2 is 1.00 bits per heavy atom. The molecule has 0 atom stereocenters. The average Bonchev–Trinajstić information content (AvgIpc) is 3.59. The Labute approximate surface area is 246 Å². The molecule has 0 saturated heterocycles. The fourth-order valence-electron chi connectivity index (χ4n) is 6.17. The lowest BCUT2D eigenvalue weighted by Crippen LogP contribution is -1.91. The van der Waals surface area contributed by atoms with Gasteiger partial charge in [-0.3, -0.25) is 4.40 Å². The lowest BCUT2D eigenvalue weighted by atomic mass is 10.0. The number of benzene rings is 5. The molecule has 0 aliphatic carbocycles. The molecule has 0 spiro atoms. The minimum atomic E-state index is 0.928. The summed E-state index contributed by atoms with van der Waals surface area (Å²) in [5.74, 6) is 0. The van der Waals surface area contributed by atoms with Crippen LogP contribution in [0.5, 0.6) is 0 Å². The number of fused-ring (bicyclic) bond motifs is 8. The van der Waals surface area contributed by atoms with Gasteiger partial charge in [-0.05, 0) is 35.9 Å². The first-order valence-corrected chi connectivity index (χ1v) is 14.9. The van der Waals surface area contributed by atoms with E-state index in [0.717, 1.165) is 44.3 Å². The van der Waals surface area contributed by atoms with Gasteiger partial charge in [-0.25, -0.2) is 9.97 Å². The van der Waals surface area contributed by atoms with E-state index in [0.29, 0.717) is 0 Å². The predicted octanol–water partition coefficient (Wildman–Crippen LogP) is 10.4. The monoisotopic (exact) mass is 553 g/mol. The highest BCUT2D eigenvalue weighted by Crippen LogP contribution is 2.42. The van der Waals surface area contributed by atoms with Gasteiger partial charge in [-0.1, -0.05) is 109 Å². The van der Waals surface area contributed by atoms with E-state index in [1.54, 1.807) is 0 Å². The van der Waals surface area contributed by atoms with E-state index in [-0.39, 0.29) is 0 Å². The van der Waals surface area contributed by atoms with Crippen LogP contribution in [0.2, 0.25) is 0 Å². The summed E-state index contributed by atoms with van der Waals surface area (Å²) in [6.45, 7) is 0. The molecular weight excluding hydrogens is 531 g/mol. The van der Waals surface area contributed by atoms with Crippen molar-refractivity contribution in [2.24, 2.45) is 0 Å². The third-order valence-corrected chi connectivity index (χ3v) is 9.35. The van der Waals surface area contributed by atoms with Crippen LogP contribution in [0.25, 0.3) is 81.4 Å². The summed E-state index contributed by atoms with van der Waals surface area (Å²) < 4.78 is 3.71. The number of pyridine rings is 2. The van der Waals surface area contributed by atoms with E-state index in [2.05, 4.69) is 126 Å². The summed E-state index contributed by atoms with van der Waals surface area (Å²) in [5.41, 5.74) is 11.0. The molecule has 4 heteroatoms. The number of nitrogens with zero attached hydrogens (tertiary/aromatic N) is 3. The van der Waals surface area contributed by atoms with Crippen molar-refractivity contribution in [3.8, 4) is 33.6 Å². The molecule has 9 aromatic rings. The summed E-state index contributed by atoms with van der Waals surface area (Å²) in [7, 11) is 0. The number of hydrogen-bond acceptors (Lipinski definition) is 3. The lowest BCUT2D eigenvalue weighted by molar-refractivity contribution is 1.36. The molecule has 5 aromatic carbocycles. The third kappa shape index (κ3) is 3.52. The van der Waals surface area contributed by atoms with Crippen molar-refractivity contribution < 1.29 is 0 Å². The van der Waals surface area contributed by atoms with E-state index in [1.165, 1.54) is 37.1 Å². The molecule has 9 rings (SSSR count). The molecule has 0 radical (unpaired) electrons. The summed E-state index contributed by atoms with van der Waals surface area (Å²) in [4.78, 5) is 11.5. The second-order valence-corrected chi connectivity index (χ2v) is 11.7. The Morgan fingerprint density at radius 1 is 0.452 bits per heavy atom. The van der Waals surface area contributed by atoms with E-state index >= 15 is 0 Å². The van der Waals surface area contributed by atoms with Crippen molar-refractivity contribution >= 4 is 59.1 Å². The van der Waals surface area contributed by atoms with Crippen LogP contribution in [-0.4, -0.2) is 14.4 Å². The third-order valence-electron chi connectivity index (χ3n) is 8.20. The molecule has 0 fully saturated rings. The van der Waals surface area contributed by atoms with Crippen LogP contribution in [0.15, 0.2) is 140 Å². The zero-order valence-corrected chi connectivity index (χ0v) is 23.3. The molecule has 0 aliphatic heterocycles. The number of thiazole rings is 1. The second-order valence-electron chi connectivity index (χ2n) is 10.6. The number of rotatable bonds is 3. The molecular formula is C38H23N3S. The second kappa shape index (κ2) is 9.10. The highest BCUT2D eigenvalue weighted by atomic mass is 32.1. The fraction of sp³-hybridized carbons (Fsp3) is 0. The van der Waals surface area contributed by atoms with Gasteiger partial charge in [0.25, 0.3) is 0 Å². The lowest BCUT2D eigenvalue weighted by Gasteiger charge is -2.09. The van der Waals surface area contributed by atoms with Crippen molar-refractivity contribution in [2.75, 3.05) is 0 Å². The molecule has 0 unspecified atom stereocenters. The molecule has 4 heterocycles. The molecule has 0 saturated carbocycles. The fourth-order valence-corrected chi connectivity index (χ4v) is 7.41. The molecule has 0 N–H and O–H groups in total. The van der Waals surface area contributed by atoms with Gasteiger partial charge in [-0.15, -0.1) is 11.3 Å². The Bertz CT molecular complexity index is 2450. The summed E-state index contributed by atoms with van der Waals surface area (Å²) in [6.07, 6.45) is 0. The number of aromatic nitrogens is 3. The van der Waals surface area contributed by atoms with Gasteiger partial charge in [0.1, 0.15) is 4.83 Å². The van der Waals surface area contributed by atoms with Crippen molar-refractivity contribution in [1.29, 1.82) is 0 Å². The zero-order chi connectivity index (χ0) is 27.6.